The number of azide groups is 1. The summed E-state index contributed by atoms with van der Waals surface area (Å²) in [5.74, 6) is -0.946. The Labute approximate surface area is 110 Å². The number of carbonyl (C=O) groups excluding carboxylic acids is 2. The van der Waals surface area contributed by atoms with Crippen molar-refractivity contribution in [3.05, 3.63) is 34.4 Å². The van der Waals surface area contributed by atoms with Gasteiger partial charge in [-0.05, 0) is 32.4 Å². The molecule has 0 aromatic carbocycles. The molecule has 2 aliphatic heterocycles. The van der Waals surface area contributed by atoms with Gasteiger partial charge in [0.15, 0.2) is 0 Å². The first kappa shape index (κ1) is 13.2. The van der Waals surface area contributed by atoms with Crippen LogP contribution in [0.5, 0.6) is 0 Å². The molecule has 2 aliphatic rings. The first-order chi connectivity index (χ1) is 8.85. The molecule has 0 radical (unpaired) electrons. The van der Waals surface area contributed by atoms with Crippen molar-refractivity contribution in [2.24, 2.45) is 5.11 Å². The molecule has 19 heavy (non-hydrogen) atoms. The summed E-state index contributed by atoms with van der Waals surface area (Å²) >= 11 is 0. The highest BCUT2D eigenvalue weighted by molar-refractivity contribution is 6.01. The molecule has 1 saturated heterocycles. The van der Waals surface area contributed by atoms with E-state index >= 15 is 0 Å². The van der Waals surface area contributed by atoms with E-state index in [1.807, 2.05) is 0 Å². The number of β-lactam (4-membered cyclic amide) rings is 1. The fourth-order valence-electron chi connectivity index (χ4n) is 1.98. The van der Waals surface area contributed by atoms with E-state index in [4.69, 9.17) is 10.3 Å². The van der Waals surface area contributed by atoms with Gasteiger partial charge in [-0.15, -0.1) is 0 Å². The fraction of sp³-hybridized carbons (Fsp3) is 0.500. The average molecular weight is 262 g/mol. The van der Waals surface area contributed by atoms with Crippen LogP contribution in [0.3, 0.4) is 0 Å². The number of nitrogens with zero attached hydrogens (tertiary/aromatic N) is 4. The lowest BCUT2D eigenvalue weighted by Gasteiger charge is -2.45. The van der Waals surface area contributed by atoms with Crippen molar-refractivity contribution in [2.45, 2.75) is 38.5 Å². The molecule has 1 fully saturated rings. The Hall–Kier alpha value is -2.27. The van der Waals surface area contributed by atoms with Crippen molar-refractivity contribution >= 4 is 11.9 Å². The highest BCUT2D eigenvalue weighted by atomic mass is 16.6. The van der Waals surface area contributed by atoms with E-state index in [0.717, 1.165) is 0 Å². The van der Waals surface area contributed by atoms with Gasteiger partial charge in [0.1, 0.15) is 17.3 Å². The van der Waals surface area contributed by atoms with Gasteiger partial charge >= 0.3 is 5.97 Å². The number of ether oxygens (including phenoxy) is 1. The Balaban J connectivity index is 2.19. The summed E-state index contributed by atoms with van der Waals surface area (Å²) < 4.78 is 5.23. The highest BCUT2D eigenvalue weighted by Crippen LogP contribution is 2.32. The molecule has 2 atom stereocenters. The van der Waals surface area contributed by atoms with Crippen molar-refractivity contribution < 1.29 is 14.3 Å². The summed E-state index contributed by atoms with van der Waals surface area (Å²) in [6.07, 6.45) is 4.90. The van der Waals surface area contributed by atoms with Crippen LogP contribution in [-0.2, 0) is 14.3 Å². The van der Waals surface area contributed by atoms with Crippen LogP contribution in [0.1, 0.15) is 20.8 Å². The Kier molecular flexibility index (Phi) is 3.08. The molecule has 7 nitrogen and oxygen atoms in total. The SMILES string of the molecule is CC(C)(C)OC(=O)C1=CC=CC2C(N=[N+]=[N-])C(=O)N12. The van der Waals surface area contributed by atoms with E-state index in [0.29, 0.717) is 0 Å². The molecule has 1 amide bonds. The molecule has 0 N–H and O–H groups in total. The molecular weight excluding hydrogens is 248 g/mol. The lowest BCUT2D eigenvalue weighted by molar-refractivity contribution is -0.158. The van der Waals surface area contributed by atoms with Crippen LogP contribution in [0.25, 0.3) is 10.4 Å². The second-order valence-electron chi connectivity index (χ2n) is 5.29. The van der Waals surface area contributed by atoms with Crippen molar-refractivity contribution in [1.29, 1.82) is 0 Å². The molecule has 0 bridgehead atoms. The van der Waals surface area contributed by atoms with Gasteiger partial charge in [0, 0.05) is 4.91 Å². The number of hydrogen-bond donors (Lipinski definition) is 0. The Morgan fingerprint density at radius 2 is 2.21 bits per heavy atom. The molecule has 0 aromatic heterocycles. The zero-order valence-corrected chi connectivity index (χ0v) is 10.9. The third-order valence-corrected chi connectivity index (χ3v) is 2.72. The van der Waals surface area contributed by atoms with Gasteiger partial charge in [0.2, 0.25) is 5.91 Å². The van der Waals surface area contributed by atoms with E-state index in [1.54, 1.807) is 32.9 Å². The topological polar surface area (TPSA) is 95.4 Å². The normalized spacial score (nSPS) is 24.9. The molecular formula is C12H14N4O3. The molecule has 2 unspecified atom stereocenters. The molecule has 0 aromatic rings. The third-order valence-electron chi connectivity index (χ3n) is 2.72. The molecule has 0 aliphatic carbocycles. The predicted octanol–water partition coefficient (Wildman–Crippen LogP) is 1.67. The van der Waals surface area contributed by atoms with Gasteiger partial charge in [-0.2, -0.15) is 0 Å². The zero-order valence-electron chi connectivity index (χ0n) is 10.9. The van der Waals surface area contributed by atoms with Crippen LogP contribution in [0, 0.1) is 0 Å². The summed E-state index contributed by atoms with van der Waals surface area (Å²) in [5.41, 5.74) is 7.94. The minimum absolute atomic E-state index is 0.178. The van der Waals surface area contributed by atoms with Crippen molar-refractivity contribution in [3.63, 3.8) is 0 Å². The maximum atomic E-state index is 12.0. The number of amides is 1. The fourth-order valence-corrected chi connectivity index (χ4v) is 1.98. The maximum absolute atomic E-state index is 12.0. The Bertz CT molecular complexity index is 538. The monoisotopic (exact) mass is 262 g/mol. The quantitative estimate of drug-likeness (QED) is 0.249. The Morgan fingerprint density at radius 3 is 2.79 bits per heavy atom. The largest absolute Gasteiger partial charge is 0.455 e. The number of esters is 1. The number of hydrogen-bond acceptors (Lipinski definition) is 4. The van der Waals surface area contributed by atoms with E-state index in [1.165, 1.54) is 11.0 Å². The molecule has 0 saturated carbocycles. The summed E-state index contributed by atoms with van der Waals surface area (Å²) in [5, 5.41) is 3.42. The average Bonchev–Trinajstić information content (AvgIpc) is 2.32. The van der Waals surface area contributed by atoms with Gasteiger partial charge < -0.3 is 4.74 Å². The number of allylic oxidation sites excluding steroid dienone is 2. The van der Waals surface area contributed by atoms with Gasteiger partial charge in [-0.3, -0.25) is 9.69 Å². The van der Waals surface area contributed by atoms with Gasteiger partial charge in [-0.25, -0.2) is 4.79 Å². The van der Waals surface area contributed by atoms with Crippen LogP contribution < -0.4 is 0 Å². The Morgan fingerprint density at radius 1 is 1.53 bits per heavy atom. The summed E-state index contributed by atoms with van der Waals surface area (Å²) in [6.45, 7) is 5.26. The lowest BCUT2D eigenvalue weighted by Crippen LogP contribution is -2.63. The zero-order chi connectivity index (χ0) is 14.2. The second kappa shape index (κ2) is 4.44. The summed E-state index contributed by atoms with van der Waals surface area (Å²) in [6, 6.07) is -1.16. The molecule has 0 spiro atoms. The van der Waals surface area contributed by atoms with E-state index in [-0.39, 0.29) is 11.6 Å². The van der Waals surface area contributed by atoms with Crippen LogP contribution in [0.4, 0.5) is 0 Å². The van der Waals surface area contributed by atoms with Gasteiger partial charge in [0.05, 0.1) is 6.04 Å². The van der Waals surface area contributed by atoms with Gasteiger partial charge in [-0.1, -0.05) is 17.3 Å². The second-order valence-corrected chi connectivity index (χ2v) is 5.29. The standard InChI is InChI=1S/C12H14N4O3/c1-12(2,3)19-11(18)8-6-4-5-7-9(14-15-13)10(17)16(7)8/h4-7,9H,1-3H3. The molecule has 2 rings (SSSR count). The maximum Gasteiger partial charge on any atom is 0.355 e. The van der Waals surface area contributed by atoms with Gasteiger partial charge in [0.25, 0.3) is 0 Å². The third kappa shape index (κ3) is 2.32. The first-order valence-corrected chi connectivity index (χ1v) is 5.84. The number of fused-ring (bicyclic) bond motifs is 1. The van der Waals surface area contributed by atoms with E-state index < -0.39 is 23.7 Å². The summed E-state index contributed by atoms with van der Waals surface area (Å²) in [4.78, 5) is 27.8. The van der Waals surface area contributed by atoms with Crippen molar-refractivity contribution in [2.75, 3.05) is 0 Å². The minimum atomic E-state index is -0.771. The summed E-state index contributed by atoms with van der Waals surface area (Å²) in [7, 11) is 0. The number of carbonyl (C=O) groups is 2. The molecule has 100 valence electrons. The predicted molar refractivity (Wildman–Crippen MR) is 66.6 cm³/mol. The first-order valence-electron chi connectivity index (χ1n) is 5.84. The van der Waals surface area contributed by atoms with Crippen molar-refractivity contribution in [1.82, 2.24) is 4.90 Å². The lowest BCUT2D eigenvalue weighted by atomic mass is 9.91. The van der Waals surface area contributed by atoms with Crippen LogP contribution in [-0.4, -0.2) is 34.5 Å². The molecule has 2 heterocycles. The number of rotatable bonds is 2. The van der Waals surface area contributed by atoms with E-state index in [9.17, 15) is 9.59 Å². The minimum Gasteiger partial charge on any atom is -0.455 e. The smallest absolute Gasteiger partial charge is 0.355 e. The van der Waals surface area contributed by atoms with Crippen molar-refractivity contribution in [3.8, 4) is 0 Å². The molecule has 7 heteroatoms. The van der Waals surface area contributed by atoms with E-state index in [2.05, 4.69) is 10.0 Å². The van der Waals surface area contributed by atoms with Crippen LogP contribution >= 0.6 is 0 Å². The van der Waals surface area contributed by atoms with Crippen LogP contribution in [0.2, 0.25) is 0 Å². The highest BCUT2D eigenvalue weighted by Gasteiger charge is 2.50. The van der Waals surface area contributed by atoms with Crippen LogP contribution in [0.15, 0.2) is 29.0 Å².